The summed E-state index contributed by atoms with van der Waals surface area (Å²) < 4.78 is 54.0. The maximum Gasteiger partial charge on any atom is 0.471 e. The lowest BCUT2D eigenvalue weighted by Gasteiger charge is -2.04. The first-order valence-electron chi connectivity index (χ1n) is 5.43. The van der Waals surface area contributed by atoms with Crippen molar-refractivity contribution in [3.8, 4) is 5.75 Å². The van der Waals surface area contributed by atoms with Crippen molar-refractivity contribution in [2.45, 2.75) is 12.8 Å². The van der Waals surface area contributed by atoms with Crippen LogP contribution in [0.15, 0.2) is 24.3 Å². The molecule has 112 valence electrons. The van der Waals surface area contributed by atoms with Crippen molar-refractivity contribution in [2.24, 2.45) is 0 Å². The molecule has 1 aromatic carbocycles. The summed E-state index contributed by atoms with van der Waals surface area (Å²) in [6, 6.07) is 5.18. The molecule has 1 aromatic heterocycles. The molecule has 1 amide bonds. The van der Waals surface area contributed by atoms with Crippen LogP contribution in [0.25, 0.3) is 0 Å². The van der Waals surface area contributed by atoms with Crippen molar-refractivity contribution in [1.82, 2.24) is 10.2 Å². The van der Waals surface area contributed by atoms with Gasteiger partial charge in [0.25, 0.3) is 0 Å². The van der Waals surface area contributed by atoms with E-state index in [0.29, 0.717) is 5.75 Å². The number of hydrogen-bond acceptors (Lipinski definition) is 5. The maximum absolute atomic E-state index is 12.7. The summed E-state index contributed by atoms with van der Waals surface area (Å²) in [6.45, 7) is -0.0643. The third kappa shape index (κ3) is 4.38. The van der Waals surface area contributed by atoms with Crippen molar-refractivity contribution in [3.05, 3.63) is 35.1 Å². The first kappa shape index (κ1) is 15.2. The normalized spacial score (nSPS) is 11.2. The smallest absolute Gasteiger partial charge is 0.471 e. The summed E-state index contributed by atoms with van der Waals surface area (Å²) in [5.41, 5.74) is 0. The van der Waals surface area contributed by atoms with Gasteiger partial charge in [-0.2, -0.15) is 13.2 Å². The van der Waals surface area contributed by atoms with E-state index in [2.05, 4.69) is 10.2 Å². The van der Waals surface area contributed by atoms with Gasteiger partial charge >= 0.3 is 12.1 Å². The number of halogens is 4. The van der Waals surface area contributed by atoms with Crippen LogP contribution in [0.5, 0.6) is 5.75 Å². The summed E-state index contributed by atoms with van der Waals surface area (Å²) in [5.74, 6) is -2.17. The lowest BCUT2D eigenvalue weighted by molar-refractivity contribution is -0.167. The van der Waals surface area contributed by atoms with Crippen LogP contribution in [-0.4, -0.2) is 22.3 Å². The molecule has 0 fully saturated rings. The van der Waals surface area contributed by atoms with Crippen LogP contribution >= 0.6 is 11.3 Å². The number of ether oxygens (including phenoxy) is 1. The van der Waals surface area contributed by atoms with Gasteiger partial charge < -0.3 is 4.74 Å². The van der Waals surface area contributed by atoms with Crippen LogP contribution in [0.3, 0.4) is 0 Å². The first-order chi connectivity index (χ1) is 9.84. The van der Waals surface area contributed by atoms with Crippen molar-refractivity contribution in [2.75, 3.05) is 5.32 Å². The van der Waals surface area contributed by atoms with E-state index < -0.39 is 17.9 Å². The average Bonchev–Trinajstić information content (AvgIpc) is 2.85. The molecule has 1 N–H and O–H groups in total. The summed E-state index contributed by atoms with van der Waals surface area (Å²) in [4.78, 5) is 10.7. The molecule has 1 heterocycles. The zero-order chi connectivity index (χ0) is 15.5. The maximum atomic E-state index is 12.7. The number of aromatic nitrogens is 2. The summed E-state index contributed by atoms with van der Waals surface area (Å²) in [7, 11) is 0. The monoisotopic (exact) mass is 321 g/mol. The Morgan fingerprint density at radius 2 is 1.90 bits per heavy atom. The highest BCUT2D eigenvalue weighted by Gasteiger charge is 2.39. The van der Waals surface area contributed by atoms with Crippen molar-refractivity contribution < 1.29 is 27.1 Å². The van der Waals surface area contributed by atoms with Gasteiger partial charge in [-0.1, -0.05) is 11.3 Å². The highest BCUT2D eigenvalue weighted by Crippen LogP contribution is 2.22. The molecule has 0 saturated heterocycles. The minimum atomic E-state index is -4.99. The Morgan fingerprint density at radius 1 is 1.24 bits per heavy atom. The van der Waals surface area contributed by atoms with Gasteiger partial charge in [0.05, 0.1) is 0 Å². The molecular formula is C11H7F4N3O2S. The lowest BCUT2D eigenvalue weighted by atomic mass is 10.3. The predicted octanol–water partition coefficient (Wildman–Crippen LogP) is 2.76. The van der Waals surface area contributed by atoms with E-state index in [0.717, 1.165) is 11.3 Å². The molecule has 0 saturated carbocycles. The number of amides is 1. The van der Waals surface area contributed by atoms with E-state index in [1.807, 2.05) is 0 Å². The zero-order valence-corrected chi connectivity index (χ0v) is 11.0. The predicted molar refractivity (Wildman–Crippen MR) is 65.3 cm³/mol. The van der Waals surface area contributed by atoms with Crippen LogP contribution in [-0.2, 0) is 11.4 Å². The van der Waals surface area contributed by atoms with E-state index >= 15 is 0 Å². The molecule has 5 nitrogen and oxygen atoms in total. The number of rotatable bonds is 4. The van der Waals surface area contributed by atoms with E-state index in [1.54, 1.807) is 5.32 Å². The van der Waals surface area contributed by atoms with Gasteiger partial charge in [-0.25, -0.2) is 4.39 Å². The molecule has 0 atom stereocenters. The van der Waals surface area contributed by atoms with E-state index in [9.17, 15) is 22.4 Å². The third-order valence-corrected chi connectivity index (χ3v) is 2.93. The van der Waals surface area contributed by atoms with Crippen LogP contribution in [0.2, 0.25) is 0 Å². The fraction of sp³-hybridized carbons (Fsp3) is 0.182. The van der Waals surface area contributed by atoms with Crippen LogP contribution in [0.1, 0.15) is 5.01 Å². The third-order valence-electron chi connectivity index (χ3n) is 2.12. The number of hydrogen-bond donors (Lipinski definition) is 1. The molecule has 2 aromatic rings. The molecule has 0 aliphatic rings. The SMILES string of the molecule is O=C(Nc1nnc(COc2ccc(F)cc2)s1)C(F)(F)F. The number of nitrogens with one attached hydrogen (secondary N) is 1. The first-order valence-corrected chi connectivity index (χ1v) is 6.25. The second-order valence-corrected chi connectivity index (χ2v) is 4.76. The number of alkyl halides is 3. The standard InChI is InChI=1S/C11H7F4N3O2S/c12-6-1-3-7(4-2-6)20-5-8-17-18-10(21-8)16-9(19)11(13,14)15/h1-4H,5H2,(H,16,18,19). The quantitative estimate of drug-likeness (QED) is 0.880. The second kappa shape index (κ2) is 6.04. The molecule has 0 aliphatic heterocycles. The molecule has 21 heavy (non-hydrogen) atoms. The summed E-state index contributed by atoms with van der Waals surface area (Å²) >= 11 is 0.746. The van der Waals surface area contributed by atoms with Gasteiger partial charge in [-0.3, -0.25) is 10.1 Å². The Bertz CT molecular complexity index is 627. The van der Waals surface area contributed by atoms with Crippen molar-refractivity contribution in [3.63, 3.8) is 0 Å². The summed E-state index contributed by atoms with van der Waals surface area (Å²) in [5, 5.41) is 8.53. The number of carbonyl (C=O) groups excluding carboxylic acids is 1. The van der Waals surface area contributed by atoms with Gasteiger partial charge in [-0.15, -0.1) is 10.2 Å². The Kier molecular flexibility index (Phi) is 4.36. The zero-order valence-electron chi connectivity index (χ0n) is 10.1. The fourth-order valence-electron chi connectivity index (χ4n) is 1.21. The van der Waals surface area contributed by atoms with Gasteiger partial charge in [0.1, 0.15) is 18.2 Å². The van der Waals surface area contributed by atoms with Crippen molar-refractivity contribution >= 4 is 22.4 Å². The number of carbonyl (C=O) groups is 1. The van der Waals surface area contributed by atoms with Crippen LogP contribution in [0, 0.1) is 5.82 Å². The van der Waals surface area contributed by atoms with Gasteiger partial charge in [0.15, 0.2) is 5.01 Å². The molecule has 10 heteroatoms. The molecule has 0 aliphatic carbocycles. The lowest BCUT2D eigenvalue weighted by Crippen LogP contribution is -2.29. The Labute approximate surface area is 119 Å². The second-order valence-electron chi connectivity index (χ2n) is 3.70. The molecule has 0 spiro atoms. The molecular weight excluding hydrogens is 314 g/mol. The number of benzene rings is 1. The van der Waals surface area contributed by atoms with E-state index in [-0.39, 0.29) is 16.7 Å². The van der Waals surface area contributed by atoms with E-state index in [1.165, 1.54) is 24.3 Å². The molecule has 0 radical (unpaired) electrons. The Balaban J connectivity index is 1.91. The topological polar surface area (TPSA) is 64.1 Å². The number of nitrogens with zero attached hydrogens (tertiary/aromatic N) is 2. The van der Waals surface area contributed by atoms with Gasteiger partial charge in [0.2, 0.25) is 5.13 Å². The van der Waals surface area contributed by atoms with Crippen molar-refractivity contribution in [1.29, 1.82) is 0 Å². The Morgan fingerprint density at radius 3 is 2.52 bits per heavy atom. The number of anilines is 1. The largest absolute Gasteiger partial charge is 0.486 e. The molecule has 0 unspecified atom stereocenters. The highest BCUT2D eigenvalue weighted by molar-refractivity contribution is 7.15. The van der Waals surface area contributed by atoms with Crippen LogP contribution in [0.4, 0.5) is 22.7 Å². The fourth-order valence-corrected chi connectivity index (χ4v) is 1.85. The van der Waals surface area contributed by atoms with Gasteiger partial charge in [-0.05, 0) is 24.3 Å². The summed E-state index contributed by atoms with van der Waals surface area (Å²) in [6.07, 6.45) is -4.99. The highest BCUT2D eigenvalue weighted by atomic mass is 32.1. The molecule has 2 rings (SSSR count). The average molecular weight is 321 g/mol. The van der Waals surface area contributed by atoms with Crippen LogP contribution < -0.4 is 10.1 Å². The van der Waals surface area contributed by atoms with Gasteiger partial charge in [0, 0.05) is 0 Å². The minimum Gasteiger partial charge on any atom is -0.486 e. The Hall–Kier alpha value is -2.23. The minimum absolute atomic E-state index is 0.0643. The van der Waals surface area contributed by atoms with E-state index in [4.69, 9.17) is 4.74 Å². The molecule has 0 bridgehead atoms.